The summed E-state index contributed by atoms with van der Waals surface area (Å²) in [5, 5.41) is 3.72. The normalized spacial score (nSPS) is 19.0. The van der Waals surface area contributed by atoms with Crippen molar-refractivity contribution in [1.29, 1.82) is 0 Å². The zero-order valence-electron chi connectivity index (χ0n) is 13.3. The maximum absolute atomic E-state index is 13.8. The number of anilines is 1. The highest BCUT2D eigenvalue weighted by molar-refractivity contribution is 6.08. The molecule has 1 amide bonds. The fraction of sp³-hybridized carbons (Fsp3) is 0.118. The van der Waals surface area contributed by atoms with Gasteiger partial charge in [0.25, 0.3) is 17.5 Å². The van der Waals surface area contributed by atoms with Gasteiger partial charge in [0.1, 0.15) is 5.82 Å². The van der Waals surface area contributed by atoms with Crippen LogP contribution in [0, 0.1) is 5.82 Å². The summed E-state index contributed by atoms with van der Waals surface area (Å²) >= 11 is 0. The van der Waals surface area contributed by atoms with Gasteiger partial charge in [0.05, 0.1) is 11.0 Å². The Hall–Kier alpha value is -3.43. The first-order valence-electron chi connectivity index (χ1n) is 7.68. The zero-order valence-corrected chi connectivity index (χ0v) is 13.3. The second kappa shape index (κ2) is 5.53. The minimum atomic E-state index is -5.17. The summed E-state index contributed by atoms with van der Waals surface area (Å²) in [6, 6.07) is 10.1. The van der Waals surface area contributed by atoms with E-state index < -0.39 is 29.5 Å². The van der Waals surface area contributed by atoms with Gasteiger partial charge in [0.15, 0.2) is 0 Å². The minimum Gasteiger partial charge on any atom is -0.317 e. The Labute approximate surface area is 148 Å². The van der Waals surface area contributed by atoms with Gasteiger partial charge in [-0.1, -0.05) is 12.1 Å². The molecule has 138 valence electrons. The summed E-state index contributed by atoms with van der Waals surface area (Å²) in [7, 11) is 0. The molecule has 4 rings (SSSR count). The lowest BCUT2D eigenvalue weighted by atomic mass is 10.1. The zero-order chi connectivity index (χ0) is 19.4. The number of imidazole rings is 1. The van der Waals surface area contributed by atoms with E-state index in [1.54, 1.807) is 23.5 Å². The van der Waals surface area contributed by atoms with Gasteiger partial charge < -0.3 is 10.6 Å². The fourth-order valence-corrected chi connectivity index (χ4v) is 2.90. The molecule has 2 heterocycles. The Morgan fingerprint density at radius 2 is 1.78 bits per heavy atom. The van der Waals surface area contributed by atoms with Gasteiger partial charge in [0.2, 0.25) is 5.95 Å². The number of amides is 1. The maximum atomic E-state index is 13.8. The van der Waals surface area contributed by atoms with E-state index in [2.05, 4.69) is 4.98 Å². The Balaban J connectivity index is 1.77. The second-order valence-corrected chi connectivity index (χ2v) is 5.90. The van der Waals surface area contributed by atoms with Crippen molar-refractivity contribution < 1.29 is 27.2 Å². The summed E-state index contributed by atoms with van der Waals surface area (Å²) in [5.41, 5.74) is -3.12. The molecule has 0 fully saturated rings. The molecule has 0 saturated carbocycles. The van der Waals surface area contributed by atoms with Gasteiger partial charge in [-0.2, -0.15) is 13.2 Å². The third-order valence-corrected chi connectivity index (χ3v) is 4.22. The van der Waals surface area contributed by atoms with Crippen molar-refractivity contribution in [1.82, 2.24) is 14.9 Å². The molecule has 0 saturated heterocycles. The quantitative estimate of drug-likeness (QED) is 0.673. The van der Waals surface area contributed by atoms with Crippen molar-refractivity contribution in [2.24, 2.45) is 0 Å². The Kier molecular flexibility index (Phi) is 3.48. The minimum absolute atomic E-state index is 0.173. The van der Waals surface area contributed by atoms with Crippen molar-refractivity contribution in [3.63, 3.8) is 0 Å². The predicted octanol–water partition coefficient (Wildman–Crippen LogP) is 2.93. The lowest BCUT2D eigenvalue weighted by molar-refractivity contribution is -0.169. The second-order valence-electron chi connectivity index (χ2n) is 5.90. The summed E-state index contributed by atoms with van der Waals surface area (Å²) in [6.45, 7) is 0. The Morgan fingerprint density at radius 3 is 2.44 bits per heavy atom. The summed E-state index contributed by atoms with van der Waals surface area (Å²) < 4.78 is 55.3. The van der Waals surface area contributed by atoms with Gasteiger partial charge in [-0.05, 0) is 36.4 Å². The summed E-state index contributed by atoms with van der Waals surface area (Å²) in [4.78, 5) is 29.0. The number of nitrogens with zero attached hydrogens (tertiary/aromatic N) is 2. The summed E-state index contributed by atoms with van der Waals surface area (Å²) in [6.07, 6.45) is -5.17. The van der Waals surface area contributed by atoms with Gasteiger partial charge in [0, 0.05) is 5.56 Å². The molecular weight excluding hydrogens is 368 g/mol. The van der Waals surface area contributed by atoms with Crippen LogP contribution >= 0.6 is 0 Å². The molecule has 1 aliphatic rings. The molecule has 6 nitrogen and oxygen atoms in total. The number of aromatic nitrogens is 2. The molecule has 2 N–H and O–H groups in total. The highest BCUT2D eigenvalue weighted by atomic mass is 19.4. The first kappa shape index (κ1) is 17.0. The van der Waals surface area contributed by atoms with E-state index >= 15 is 0 Å². The lowest BCUT2D eigenvalue weighted by Gasteiger charge is -2.30. The monoisotopic (exact) mass is 378 g/mol. The van der Waals surface area contributed by atoms with Crippen molar-refractivity contribution in [2.45, 2.75) is 11.8 Å². The molecule has 2 aromatic carbocycles. The van der Waals surface area contributed by atoms with Crippen LogP contribution in [0.1, 0.15) is 15.2 Å². The van der Waals surface area contributed by atoms with Gasteiger partial charge in [-0.15, -0.1) is 0 Å². The number of hydrogen-bond donors (Lipinski definition) is 2. The van der Waals surface area contributed by atoms with Crippen LogP contribution < -0.4 is 10.6 Å². The van der Waals surface area contributed by atoms with Crippen LogP contribution in [0.3, 0.4) is 0 Å². The summed E-state index contributed by atoms with van der Waals surface area (Å²) in [5.74, 6) is -3.62. The SMILES string of the molecule is O=C(N[C@@]1(C(F)(F)F)Nc2nc3ccccc3n2C1=O)c1ccc(F)cc1. The molecule has 1 aliphatic heterocycles. The van der Waals surface area contributed by atoms with Crippen LogP contribution in [0.4, 0.5) is 23.5 Å². The van der Waals surface area contributed by atoms with Gasteiger partial charge in [-0.25, -0.2) is 13.9 Å². The van der Waals surface area contributed by atoms with Crippen molar-refractivity contribution in [3.8, 4) is 0 Å². The molecule has 3 aromatic rings. The van der Waals surface area contributed by atoms with Crippen molar-refractivity contribution in [3.05, 3.63) is 59.9 Å². The molecule has 0 bridgehead atoms. The number of fused-ring (bicyclic) bond motifs is 3. The molecule has 1 atom stereocenters. The molecule has 1 aromatic heterocycles. The highest BCUT2D eigenvalue weighted by Gasteiger charge is 2.66. The van der Waals surface area contributed by atoms with Crippen LogP contribution in [-0.2, 0) is 0 Å². The molecule has 0 spiro atoms. The number of carbonyl (C=O) groups is 2. The standard InChI is InChI=1S/C17H10F4N4O2/c18-10-7-5-9(6-8-10)13(26)23-16(17(19,20)21)14(27)25-12-4-2-1-3-11(12)22-15(25)24-16/h1-8H,(H,22,24)(H,23,26)/t16-/m1/s1. The molecular formula is C17H10F4N4O2. The average Bonchev–Trinajstić information content (AvgIpc) is 3.10. The Bertz CT molecular complexity index is 1070. The van der Waals surface area contributed by atoms with Crippen LogP contribution in [-0.4, -0.2) is 33.2 Å². The van der Waals surface area contributed by atoms with E-state index in [4.69, 9.17) is 0 Å². The smallest absolute Gasteiger partial charge is 0.317 e. The number of carbonyl (C=O) groups excluding carboxylic acids is 2. The van der Waals surface area contributed by atoms with E-state index in [1.807, 2.05) is 5.32 Å². The van der Waals surface area contributed by atoms with E-state index in [0.29, 0.717) is 5.52 Å². The number of benzene rings is 2. The molecule has 27 heavy (non-hydrogen) atoms. The average molecular weight is 378 g/mol. The number of nitrogens with one attached hydrogen (secondary N) is 2. The highest BCUT2D eigenvalue weighted by Crippen LogP contribution is 2.39. The molecule has 0 aliphatic carbocycles. The number of halogens is 4. The number of rotatable bonds is 2. The molecule has 10 heteroatoms. The van der Waals surface area contributed by atoms with E-state index in [1.165, 1.54) is 6.07 Å². The van der Waals surface area contributed by atoms with Crippen molar-refractivity contribution in [2.75, 3.05) is 5.32 Å². The van der Waals surface area contributed by atoms with Gasteiger partial charge in [-0.3, -0.25) is 9.59 Å². The van der Waals surface area contributed by atoms with Gasteiger partial charge >= 0.3 is 6.18 Å². The Morgan fingerprint density at radius 1 is 1.11 bits per heavy atom. The largest absolute Gasteiger partial charge is 0.440 e. The van der Waals surface area contributed by atoms with Crippen LogP contribution in [0.5, 0.6) is 0 Å². The number of hydrogen-bond acceptors (Lipinski definition) is 4. The van der Waals surface area contributed by atoms with Crippen LogP contribution in [0.2, 0.25) is 0 Å². The predicted molar refractivity (Wildman–Crippen MR) is 86.6 cm³/mol. The first-order chi connectivity index (χ1) is 12.7. The van der Waals surface area contributed by atoms with E-state index in [0.717, 1.165) is 28.8 Å². The lowest BCUT2D eigenvalue weighted by Crippen LogP contribution is -2.67. The number of para-hydroxylation sites is 2. The number of alkyl halides is 3. The molecule has 0 unspecified atom stereocenters. The molecule has 0 radical (unpaired) electrons. The third-order valence-electron chi connectivity index (χ3n) is 4.22. The fourth-order valence-electron chi connectivity index (χ4n) is 2.90. The van der Waals surface area contributed by atoms with Crippen molar-refractivity contribution >= 4 is 28.8 Å². The third kappa shape index (κ3) is 2.44. The van der Waals surface area contributed by atoms with E-state index in [-0.39, 0.29) is 17.0 Å². The van der Waals surface area contributed by atoms with E-state index in [9.17, 15) is 27.2 Å². The first-order valence-corrected chi connectivity index (χ1v) is 7.68. The maximum Gasteiger partial charge on any atom is 0.440 e. The van der Waals surface area contributed by atoms with Crippen LogP contribution in [0.15, 0.2) is 48.5 Å². The van der Waals surface area contributed by atoms with Crippen LogP contribution in [0.25, 0.3) is 11.0 Å². The topological polar surface area (TPSA) is 76.0 Å².